The van der Waals surface area contributed by atoms with E-state index in [9.17, 15) is 8.42 Å². The first kappa shape index (κ1) is 23.0. The minimum absolute atomic E-state index is 0.212. The Morgan fingerprint density at radius 2 is 1.41 bits per heavy atom. The second-order valence-electron chi connectivity index (χ2n) is 6.61. The Kier molecular flexibility index (Phi) is 7.29. The molecule has 0 heterocycles. The zero-order valence-corrected chi connectivity index (χ0v) is 18.6. The summed E-state index contributed by atoms with van der Waals surface area (Å²) in [7, 11) is -2.73. The monoisotopic (exact) mass is 454 g/mol. The van der Waals surface area contributed by atoms with Crippen LogP contribution in [-0.4, -0.2) is 26.7 Å². The molecule has 0 atom stereocenters. The standard InChI is InChI=1S/C22H22N4O5S/c1-4-31-18-9-5-16(6-10-18)24-26-21-13-15(2)20(14-22(21)30-3)25-23-17-7-11-19(12-8-17)32(27,28)29/h5-14H,4H2,1-3H3,(H,27,28,29). The lowest BCUT2D eigenvalue weighted by Gasteiger charge is -2.07. The van der Waals surface area contributed by atoms with E-state index in [1.807, 2.05) is 38.1 Å². The van der Waals surface area contributed by atoms with Gasteiger partial charge in [-0.3, -0.25) is 4.55 Å². The molecule has 0 unspecified atom stereocenters. The van der Waals surface area contributed by atoms with Crippen LogP contribution < -0.4 is 9.47 Å². The Hall–Kier alpha value is -3.63. The van der Waals surface area contributed by atoms with Crippen LogP contribution in [0.3, 0.4) is 0 Å². The van der Waals surface area contributed by atoms with E-state index in [-0.39, 0.29) is 4.90 Å². The third-order valence-electron chi connectivity index (χ3n) is 4.33. The zero-order chi connectivity index (χ0) is 23.1. The maximum absolute atomic E-state index is 11.1. The smallest absolute Gasteiger partial charge is 0.294 e. The number of methoxy groups -OCH3 is 1. The summed E-state index contributed by atoms with van der Waals surface area (Å²) in [5.74, 6) is 1.24. The lowest BCUT2D eigenvalue weighted by molar-refractivity contribution is 0.340. The zero-order valence-electron chi connectivity index (χ0n) is 17.8. The molecule has 0 radical (unpaired) electrons. The highest BCUT2D eigenvalue weighted by molar-refractivity contribution is 7.85. The van der Waals surface area contributed by atoms with Crippen LogP contribution in [0, 0.1) is 6.92 Å². The number of nitrogens with zero attached hydrogens (tertiary/aromatic N) is 4. The van der Waals surface area contributed by atoms with Crippen molar-refractivity contribution in [3.05, 3.63) is 66.2 Å². The molecule has 3 aromatic rings. The topological polar surface area (TPSA) is 122 Å². The summed E-state index contributed by atoms with van der Waals surface area (Å²) in [5.41, 5.74) is 2.99. The average molecular weight is 455 g/mol. The van der Waals surface area contributed by atoms with E-state index in [2.05, 4.69) is 20.5 Å². The Bertz CT molecular complexity index is 1240. The maximum atomic E-state index is 11.1. The normalized spacial score (nSPS) is 11.9. The molecule has 0 bridgehead atoms. The molecule has 3 rings (SSSR count). The molecule has 0 fully saturated rings. The Labute approximate surface area is 186 Å². The first-order chi connectivity index (χ1) is 15.3. The third kappa shape index (κ3) is 5.96. The summed E-state index contributed by atoms with van der Waals surface area (Å²) >= 11 is 0. The molecule has 10 heteroatoms. The summed E-state index contributed by atoms with van der Waals surface area (Å²) in [4.78, 5) is -0.212. The Morgan fingerprint density at radius 3 is 1.94 bits per heavy atom. The second kappa shape index (κ2) is 10.1. The summed E-state index contributed by atoms with van der Waals surface area (Å²) in [6, 6.07) is 16.1. The highest BCUT2D eigenvalue weighted by Crippen LogP contribution is 2.36. The van der Waals surface area contributed by atoms with E-state index in [1.165, 1.54) is 31.4 Å². The van der Waals surface area contributed by atoms with Gasteiger partial charge >= 0.3 is 0 Å². The first-order valence-electron chi connectivity index (χ1n) is 9.62. The van der Waals surface area contributed by atoms with Gasteiger partial charge in [0, 0.05) is 6.07 Å². The highest BCUT2D eigenvalue weighted by atomic mass is 32.2. The maximum Gasteiger partial charge on any atom is 0.294 e. The van der Waals surface area contributed by atoms with Crippen molar-refractivity contribution in [3.8, 4) is 11.5 Å². The molecule has 0 aliphatic heterocycles. The van der Waals surface area contributed by atoms with Gasteiger partial charge in [-0.05, 0) is 74.0 Å². The van der Waals surface area contributed by atoms with Gasteiger partial charge in [0.2, 0.25) is 0 Å². The van der Waals surface area contributed by atoms with E-state index in [0.717, 1.165) is 11.3 Å². The number of ether oxygens (including phenoxy) is 2. The number of azo groups is 2. The fourth-order valence-electron chi connectivity index (χ4n) is 2.70. The van der Waals surface area contributed by atoms with Crippen LogP contribution >= 0.6 is 0 Å². The van der Waals surface area contributed by atoms with Crippen LogP contribution in [0.4, 0.5) is 22.7 Å². The van der Waals surface area contributed by atoms with Gasteiger partial charge in [-0.25, -0.2) is 0 Å². The molecular weight excluding hydrogens is 432 g/mol. The molecule has 9 nitrogen and oxygen atoms in total. The number of hydrogen-bond acceptors (Lipinski definition) is 8. The Balaban J connectivity index is 1.80. The first-order valence-corrected chi connectivity index (χ1v) is 11.1. The molecular formula is C22H22N4O5S. The van der Waals surface area contributed by atoms with Gasteiger partial charge < -0.3 is 9.47 Å². The van der Waals surface area contributed by atoms with Crippen molar-refractivity contribution in [1.82, 2.24) is 0 Å². The number of benzene rings is 3. The van der Waals surface area contributed by atoms with Crippen LogP contribution in [-0.2, 0) is 10.1 Å². The van der Waals surface area contributed by atoms with Crippen molar-refractivity contribution in [3.63, 3.8) is 0 Å². The quantitative estimate of drug-likeness (QED) is 0.308. The molecule has 166 valence electrons. The van der Waals surface area contributed by atoms with Gasteiger partial charge in [-0.15, -0.1) is 5.11 Å². The van der Waals surface area contributed by atoms with Gasteiger partial charge in [0.15, 0.2) is 0 Å². The number of rotatable bonds is 8. The van der Waals surface area contributed by atoms with Crippen LogP contribution in [0.2, 0.25) is 0 Å². The van der Waals surface area contributed by atoms with Crippen LogP contribution in [0.5, 0.6) is 11.5 Å². The van der Waals surface area contributed by atoms with E-state index < -0.39 is 10.1 Å². The second-order valence-corrected chi connectivity index (χ2v) is 8.03. The fourth-order valence-corrected chi connectivity index (χ4v) is 3.18. The lowest BCUT2D eigenvalue weighted by Crippen LogP contribution is -1.96. The van der Waals surface area contributed by atoms with Crippen molar-refractivity contribution in [1.29, 1.82) is 0 Å². The molecule has 0 saturated heterocycles. The summed E-state index contributed by atoms with van der Waals surface area (Å²) in [6.07, 6.45) is 0. The molecule has 0 saturated carbocycles. The summed E-state index contributed by atoms with van der Waals surface area (Å²) in [6.45, 7) is 4.37. The predicted octanol–water partition coefficient (Wildman–Crippen LogP) is 6.48. The lowest BCUT2D eigenvalue weighted by atomic mass is 10.1. The van der Waals surface area contributed by atoms with Crippen molar-refractivity contribution >= 4 is 32.9 Å². The van der Waals surface area contributed by atoms with Crippen molar-refractivity contribution < 1.29 is 22.4 Å². The van der Waals surface area contributed by atoms with Crippen LogP contribution in [0.15, 0.2) is 86.0 Å². The van der Waals surface area contributed by atoms with Gasteiger partial charge in [0.05, 0.1) is 35.7 Å². The van der Waals surface area contributed by atoms with E-state index in [4.69, 9.17) is 14.0 Å². The molecule has 0 aliphatic carbocycles. The van der Waals surface area contributed by atoms with Crippen molar-refractivity contribution in [2.75, 3.05) is 13.7 Å². The van der Waals surface area contributed by atoms with Crippen LogP contribution in [0.1, 0.15) is 12.5 Å². The third-order valence-corrected chi connectivity index (χ3v) is 5.19. The Morgan fingerprint density at radius 1 is 0.844 bits per heavy atom. The predicted molar refractivity (Wildman–Crippen MR) is 120 cm³/mol. The van der Waals surface area contributed by atoms with E-state index in [0.29, 0.717) is 35.1 Å². The SMILES string of the molecule is CCOc1ccc(N=Nc2cc(C)c(N=Nc3ccc(S(=O)(=O)O)cc3)cc2OC)cc1. The van der Waals surface area contributed by atoms with Crippen LogP contribution in [0.25, 0.3) is 0 Å². The van der Waals surface area contributed by atoms with Gasteiger partial charge in [0.25, 0.3) is 10.1 Å². The minimum Gasteiger partial charge on any atom is -0.494 e. The van der Waals surface area contributed by atoms with Crippen molar-refractivity contribution in [2.24, 2.45) is 20.5 Å². The number of hydrogen-bond donors (Lipinski definition) is 1. The van der Waals surface area contributed by atoms with Gasteiger partial charge in [0.1, 0.15) is 17.2 Å². The van der Waals surface area contributed by atoms with E-state index in [1.54, 1.807) is 12.1 Å². The minimum atomic E-state index is -4.25. The molecule has 0 aromatic heterocycles. The summed E-state index contributed by atoms with van der Waals surface area (Å²) < 4.78 is 42.1. The molecule has 3 aromatic carbocycles. The average Bonchev–Trinajstić information content (AvgIpc) is 2.78. The van der Waals surface area contributed by atoms with E-state index >= 15 is 0 Å². The molecule has 1 N–H and O–H groups in total. The van der Waals surface area contributed by atoms with Crippen molar-refractivity contribution in [2.45, 2.75) is 18.7 Å². The van der Waals surface area contributed by atoms with Gasteiger partial charge in [-0.2, -0.15) is 23.8 Å². The number of aryl methyl sites for hydroxylation is 1. The molecule has 0 spiro atoms. The highest BCUT2D eigenvalue weighted by Gasteiger charge is 2.10. The van der Waals surface area contributed by atoms with Gasteiger partial charge in [-0.1, -0.05) is 0 Å². The molecule has 0 amide bonds. The largest absolute Gasteiger partial charge is 0.494 e. The molecule has 0 aliphatic rings. The molecule has 32 heavy (non-hydrogen) atoms. The summed E-state index contributed by atoms with van der Waals surface area (Å²) in [5, 5.41) is 16.8. The fraction of sp³-hybridized carbons (Fsp3) is 0.182.